The fourth-order valence-corrected chi connectivity index (χ4v) is 4.03. The molecule has 3 rings (SSSR count). The number of hydrogen-bond donors (Lipinski definition) is 1. The molecule has 3 nitrogen and oxygen atoms in total. The third-order valence-electron chi connectivity index (χ3n) is 4.36. The van der Waals surface area contributed by atoms with Crippen molar-refractivity contribution in [3.8, 4) is 11.5 Å². The van der Waals surface area contributed by atoms with Crippen molar-refractivity contribution in [2.45, 2.75) is 20.1 Å². The highest BCUT2D eigenvalue weighted by atomic mass is 79.9. The van der Waals surface area contributed by atoms with Crippen LogP contribution in [0, 0.1) is 6.92 Å². The highest BCUT2D eigenvalue weighted by Gasteiger charge is 2.13. The van der Waals surface area contributed by atoms with Crippen LogP contribution < -0.4 is 14.8 Å². The summed E-state index contributed by atoms with van der Waals surface area (Å²) in [5, 5.41) is 5.25. The van der Waals surface area contributed by atoms with E-state index < -0.39 is 0 Å². The Morgan fingerprint density at radius 1 is 0.966 bits per heavy atom. The Labute approximate surface area is 194 Å². The highest BCUT2D eigenvalue weighted by Crippen LogP contribution is 2.38. The van der Waals surface area contributed by atoms with E-state index in [9.17, 15) is 0 Å². The molecule has 0 aliphatic heterocycles. The highest BCUT2D eigenvalue weighted by molar-refractivity contribution is 9.10. The Morgan fingerprint density at radius 2 is 1.69 bits per heavy atom. The Balaban J connectivity index is 1.75. The molecule has 0 aliphatic carbocycles. The first-order valence-corrected chi connectivity index (χ1v) is 10.7. The number of nitrogens with one attached hydrogen (secondary N) is 1. The van der Waals surface area contributed by atoms with E-state index in [1.165, 1.54) is 0 Å². The molecule has 3 aromatic rings. The first-order valence-electron chi connectivity index (χ1n) is 8.80. The third-order valence-corrected chi connectivity index (χ3v) is 5.77. The molecule has 0 radical (unpaired) electrons. The van der Waals surface area contributed by atoms with E-state index in [4.69, 9.17) is 44.3 Å². The van der Waals surface area contributed by atoms with Gasteiger partial charge in [0, 0.05) is 32.9 Å². The van der Waals surface area contributed by atoms with Crippen LogP contribution in [-0.4, -0.2) is 7.11 Å². The summed E-state index contributed by atoms with van der Waals surface area (Å²) < 4.78 is 12.3. The van der Waals surface area contributed by atoms with E-state index in [0.29, 0.717) is 39.7 Å². The Kier molecular flexibility index (Phi) is 7.58. The van der Waals surface area contributed by atoms with Gasteiger partial charge < -0.3 is 14.8 Å². The van der Waals surface area contributed by atoms with Gasteiger partial charge in [0.2, 0.25) is 0 Å². The molecule has 3 aromatic carbocycles. The monoisotopic (exact) mass is 513 g/mol. The second-order valence-electron chi connectivity index (χ2n) is 6.45. The lowest BCUT2D eigenvalue weighted by molar-refractivity contribution is 0.282. The van der Waals surface area contributed by atoms with Crippen LogP contribution in [-0.2, 0) is 13.2 Å². The number of halogens is 4. The molecule has 1 N–H and O–H groups in total. The fraction of sp³-hybridized carbons (Fsp3) is 0.182. The predicted octanol–water partition coefficient (Wildman–Crippen LogP) is 7.92. The molecule has 7 heteroatoms. The maximum atomic E-state index is 6.23. The quantitative estimate of drug-likeness (QED) is 0.347. The number of aryl methyl sites for hydroxylation is 1. The second-order valence-corrected chi connectivity index (χ2v) is 8.58. The molecule has 0 spiro atoms. The number of benzene rings is 3. The maximum absolute atomic E-state index is 6.23. The molecular formula is C22H19BrCl3NO2. The molecule has 0 atom stereocenters. The van der Waals surface area contributed by atoms with Crippen LogP contribution in [0.2, 0.25) is 15.1 Å². The average Bonchev–Trinajstić information content (AvgIpc) is 2.68. The standard InChI is InChI=1S/C22H19BrCl3NO2/c1-13-3-5-17(25)10-20(13)27-11-14-7-18(23)22(21(8-14)28-2)29-12-15-4-6-16(24)9-19(15)26/h3-10,27H,11-12H2,1-2H3. The Morgan fingerprint density at radius 3 is 2.41 bits per heavy atom. The van der Waals surface area contributed by atoms with Gasteiger partial charge in [0.1, 0.15) is 6.61 Å². The van der Waals surface area contributed by atoms with Crippen molar-refractivity contribution in [3.63, 3.8) is 0 Å². The fourth-order valence-electron chi connectivity index (χ4n) is 2.79. The van der Waals surface area contributed by atoms with Crippen LogP contribution in [0.1, 0.15) is 16.7 Å². The minimum Gasteiger partial charge on any atom is -0.493 e. The van der Waals surface area contributed by atoms with Crippen molar-refractivity contribution in [2.24, 2.45) is 0 Å². The van der Waals surface area contributed by atoms with Gasteiger partial charge in [0.15, 0.2) is 11.5 Å². The van der Waals surface area contributed by atoms with Crippen LogP contribution in [0.3, 0.4) is 0 Å². The van der Waals surface area contributed by atoms with Crippen molar-refractivity contribution in [3.05, 3.63) is 84.8 Å². The SMILES string of the molecule is COc1cc(CNc2cc(Cl)ccc2C)cc(Br)c1OCc1ccc(Cl)cc1Cl. The van der Waals surface area contributed by atoms with Crippen molar-refractivity contribution in [1.82, 2.24) is 0 Å². The first-order chi connectivity index (χ1) is 13.9. The summed E-state index contributed by atoms with van der Waals surface area (Å²) in [5.74, 6) is 1.24. The summed E-state index contributed by atoms with van der Waals surface area (Å²) in [5.41, 5.74) is 3.99. The molecule has 0 heterocycles. The lowest BCUT2D eigenvalue weighted by Gasteiger charge is -2.16. The molecule has 29 heavy (non-hydrogen) atoms. The summed E-state index contributed by atoms with van der Waals surface area (Å²) >= 11 is 21.9. The molecule has 0 unspecified atom stereocenters. The molecule has 152 valence electrons. The third kappa shape index (κ3) is 5.73. The van der Waals surface area contributed by atoms with E-state index in [-0.39, 0.29) is 0 Å². The predicted molar refractivity (Wildman–Crippen MR) is 125 cm³/mol. The molecule has 0 aromatic heterocycles. The smallest absolute Gasteiger partial charge is 0.175 e. The average molecular weight is 516 g/mol. The zero-order valence-electron chi connectivity index (χ0n) is 15.9. The van der Waals surface area contributed by atoms with Crippen LogP contribution >= 0.6 is 50.7 Å². The molecule has 0 bridgehead atoms. The molecular weight excluding hydrogens is 497 g/mol. The maximum Gasteiger partial charge on any atom is 0.175 e. The molecule has 0 saturated heterocycles. The van der Waals surface area contributed by atoms with E-state index in [0.717, 1.165) is 26.9 Å². The summed E-state index contributed by atoms with van der Waals surface area (Å²) in [4.78, 5) is 0. The minimum atomic E-state index is 0.296. The van der Waals surface area contributed by atoms with E-state index in [2.05, 4.69) is 21.2 Å². The van der Waals surface area contributed by atoms with Crippen molar-refractivity contribution < 1.29 is 9.47 Å². The van der Waals surface area contributed by atoms with Gasteiger partial charge in [-0.05, 0) is 70.4 Å². The molecule has 0 aliphatic rings. The minimum absolute atomic E-state index is 0.296. The Hall–Kier alpha value is -1.59. The van der Waals surface area contributed by atoms with Gasteiger partial charge in [-0.15, -0.1) is 0 Å². The molecule has 0 saturated carbocycles. The zero-order chi connectivity index (χ0) is 21.0. The zero-order valence-corrected chi connectivity index (χ0v) is 19.7. The van der Waals surface area contributed by atoms with Gasteiger partial charge in [-0.25, -0.2) is 0 Å². The van der Waals surface area contributed by atoms with Gasteiger partial charge in [-0.3, -0.25) is 0 Å². The topological polar surface area (TPSA) is 30.5 Å². The van der Waals surface area contributed by atoms with E-state index in [1.54, 1.807) is 19.2 Å². The van der Waals surface area contributed by atoms with Gasteiger partial charge in [0.05, 0.1) is 11.6 Å². The largest absolute Gasteiger partial charge is 0.493 e. The summed E-state index contributed by atoms with van der Waals surface area (Å²) in [6.45, 7) is 2.94. The molecule has 0 fully saturated rings. The normalized spacial score (nSPS) is 10.7. The van der Waals surface area contributed by atoms with Gasteiger partial charge >= 0.3 is 0 Å². The van der Waals surface area contributed by atoms with E-state index in [1.807, 2.05) is 43.3 Å². The summed E-state index contributed by atoms with van der Waals surface area (Å²) in [6.07, 6.45) is 0. The number of ether oxygens (including phenoxy) is 2. The van der Waals surface area contributed by atoms with Crippen LogP contribution in [0.25, 0.3) is 0 Å². The van der Waals surface area contributed by atoms with Crippen molar-refractivity contribution in [2.75, 3.05) is 12.4 Å². The molecule has 0 amide bonds. The summed E-state index contributed by atoms with van der Waals surface area (Å²) in [7, 11) is 1.61. The van der Waals surface area contributed by atoms with Gasteiger partial charge in [0.25, 0.3) is 0 Å². The van der Waals surface area contributed by atoms with Gasteiger partial charge in [-0.2, -0.15) is 0 Å². The number of anilines is 1. The van der Waals surface area contributed by atoms with Crippen LogP contribution in [0.5, 0.6) is 11.5 Å². The van der Waals surface area contributed by atoms with E-state index >= 15 is 0 Å². The van der Waals surface area contributed by atoms with Crippen LogP contribution in [0.15, 0.2) is 53.0 Å². The lowest BCUT2D eigenvalue weighted by atomic mass is 10.1. The number of hydrogen-bond acceptors (Lipinski definition) is 3. The first kappa shape index (κ1) is 22.1. The number of methoxy groups -OCH3 is 1. The van der Waals surface area contributed by atoms with Crippen molar-refractivity contribution >= 4 is 56.4 Å². The summed E-state index contributed by atoms with van der Waals surface area (Å²) in [6, 6.07) is 15.0. The van der Waals surface area contributed by atoms with Crippen molar-refractivity contribution in [1.29, 1.82) is 0 Å². The Bertz CT molecular complexity index is 1030. The van der Waals surface area contributed by atoms with Gasteiger partial charge in [-0.1, -0.05) is 46.9 Å². The number of rotatable bonds is 7. The second kappa shape index (κ2) is 9.94. The lowest BCUT2D eigenvalue weighted by Crippen LogP contribution is -2.04. The van der Waals surface area contributed by atoms with Crippen LogP contribution in [0.4, 0.5) is 5.69 Å².